The van der Waals surface area contributed by atoms with Crippen LogP contribution in [-0.4, -0.2) is 43.1 Å². The molecule has 0 aliphatic rings. The molecule has 1 N–H and O–H groups in total. The molecule has 0 fully saturated rings. The molecule has 5 nitrogen and oxygen atoms in total. The summed E-state index contributed by atoms with van der Waals surface area (Å²) in [6.45, 7) is 6.15. The second kappa shape index (κ2) is 10.2. The molecule has 2 aromatic rings. The highest BCUT2D eigenvalue weighted by molar-refractivity contribution is 7.09. The van der Waals surface area contributed by atoms with Gasteiger partial charge in [0.15, 0.2) is 5.96 Å². The molecule has 1 aromatic carbocycles. The standard InChI is InChI=1S/C19H27FN4OS/c1-5-21-19(22-11-10-15-6-8-16(20)9-7-15)24(3)12-17-13-26-18(23-17)14(2)25-4/h6-9,13-14H,5,10-12H2,1-4H3,(H,21,22). The van der Waals surface area contributed by atoms with E-state index in [-0.39, 0.29) is 11.9 Å². The first kappa shape index (κ1) is 20.3. The van der Waals surface area contributed by atoms with Crippen LogP contribution in [0.1, 0.15) is 36.2 Å². The molecule has 0 spiro atoms. The third kappa shape index (κ3) is 6.07. The number of hydrogen-bond donors (Lipinski definition) is 1. The normalized spacial score (nSPS) is 12.9. The molecule has 0 amide bonds. The van der Waals surface area contributed by atoms with Crippen LogP contribution < -0.4 is 5.32 Å². The molecule has 0 bridgehead atoms. The van der Waals surface area contributed by atoms with E-state index >= 15 is 0 Å². The monoisotopic (exact) mass is 378 g/mol. The average molecular weight is 379 g/mol. The summed E-state index contributed by atoms with van der Waals surface area (Å²) in [6, 6.07) is 6.57. The quantitative estimate of drug-likeness (QED) is 0.563. The number of methoxy groups -OCH3 is 1. The van der Waals surface area contributed by atoms with E-state index in [1.165, 1.54) is 12.1 Å². The highest BCUT2D eigenvalue weighted by Crippen LogP contribution is 2.20. The lowest BCUT2D eigenvalue weighted by atomic mass is 10.1. The maximum atomic E-state index is 13.0. The molecule has 142 valence electrons. The number of benzene rings is 1. The summed E-state index contributed by atoms with van der Waals surface area (Å²) in [7, 11) is 3.69. The zero-order valence-corrected chi connectivity index (χ0v) is 16.6. The molecule has 26 heavy (non-hydrogen) atoms. The van der Waals surface area contributed by atoms with E-state index < -0.39 is 0 Å². The average Bonchev–Trinajstić information content (AvgIpc) is 3.10. The number of aromatic nitrogens is 1. The number of guanidine groups is 1. The van der Waals surface area contributed by atoms with Crippen LogP contribution in [0, 0.1) is 5.82 Å². The van der Waals surface area contributed by atoms with Crippen LogP contribution in [0.3, 0.4) is 0 Å². The smallest absolute Gasteiger partial charge is 0.194 e. The Labute approximate surface area is 158 Å². The van der Waals surface area contributed by atoms with Gasteiger partial charge in [0.05, 0.1) is 12.2 Å². The Morgan fingerprint density at radius 3 is 2.77 bits per heavy atom. The number of hydrogen-bond acceptors (Lipinski definition) is 4. The topological polar surface area (TPSA) is 49.8 Å². The molecular formula is C19H27FN4OS. The van der Waals surface area contributed by atoms with Crippen molar-refractivity contribution in [3.8, 4) is 0 Å². The second-order valence-electron chi connectivity index (χ2n) is 6.02. The highest BCUT2D eigenvalue weighted by atomic mass is 32.1. The molecule has 1 atom stereocenters. The molecule has 1 aromatic heterocycles. The number of thiazole rings is 1. The van der Waals surface area contributed by atoms with Crippen molar-refractivity contribution < 1.29 is 9.13 Å². The highest BCUT2D eigenvalue weighted by Gasteiger charge is 2.12. The van der Waals surface area contributed by atoms with Crippen molar-refractivity contribution in [3.05, 3.63) is 51.7 Å². The largest absolute Gasteiger partial charge is 0.375 e. The maximum Gasteiger partial charge on any atom is 0.194 e. The van der Waals surface area contributed by atoms with Gasteiger partial charge in [-0.2, -0.15) is 0 Å². The van der Waals surface area contributed by atoms with E-state index in [1.54, 1.807) is 30.6 Å². The van der Waals surface area contributed by atoms with Gasteiger partial charge in [-0.05, 0) is 38.0 Å². The van der Waals surface area contributed by atoms with Gasteiger partial charge < -0.3 is 15.0 Å². The fraction of sp³-hybridized carbons (Fsp3) is 0.474. The molecule has 0 radical (unpaired) electrons. The fourth-order valence-corrected chi connectivity index (χ4v) is 3.25. The lowest BCUT2D eigenvalue weighted by molar-refractivity contribution is 0.119. The maximum absolute atomic E-state index is 13.0. The Morgan fingerprint density at radius 2 is 2.12 bits per heavy atom. The van der Waals surface area contributed by atoms with Gasteiger partial charge in [0.25, 0.3) is 0 Å². The van der Waals surface area contributed by atoms with Gasteiger partial charge in [-0.3, -0.25) is 4.99 Å². The number of ether oxygens (including phenoxy) is 1. The first-order valence-electron chi connectivity index (χ1n) is 8.74. The van der Waals surface area contributed by atoms with E-state index in [0.717, 1.165) is 35.2 Å². The van der Waals surface area contributed by atoms with E-state index in [1.807, 2.05) is 20.9 Å². The summed E-state index contributed by atoms with van der Waals surface area (Å²) in [5, 5.41) is 6.35. The Kier molecular flexibility index (Phi) is 8.00. The van der Waals surface area contributed by atoms with Crippen molar-refractivity contribution in [3.63, 3.8) is 0 Å². The van der Waals surface area contributed by atoms with E-state index in [9.17, 15) is 4.39 Å². The van der Waals surface area contributed by atoms with Gasteiger partial charge in [-0.25, -0.2) is 9.37 Å². The number of aliphatic imine (C=N–C) groups is 1. The van der Waals surface area contributed by atoms with Crippen LogP contribution in [0.5, 0.6) is 0 Å². The van der Waals surface area contributed by atoms with Crippen LogP contribution in [0.4, 0.5) is 4.39 Å². The molecule has 0 saturated heterocycles. The summed E-state index contributed by atoms with van der Waals surface area (Å²) in [6.07, 6.45) is 0.784. The predicted octanol–water partition coefficient (Wildman–Crippen LogP) is 3.63. The van der Waals surface area contributed by atoms with Crippen molar-refractivity contribution in [1.29, 1.82) is 0 Å². The summed E-state index contributed by atoms with van der Waals surface area (Å²) in [5.74, 6) is 0.625. The molecule has 1 unspecified atom stereocenters. The van der Waals surface area contributed by atoms with Gasteiger partial charge in [0.1, 0.15) is 16.9 Å². The molecule has 0 aliphatic carbocycles. The van der Waals surface area contributed by atoms with Gasteiger partial charge in [-0.1, -0.05) is 12.1 Å². The minimum atomic E-state index is -0.212. The van der Waals surface area contributed by atoms with Crippen molar-refractivity contribution in [2.45, 2.75) is 32.9 Å². The van der Waals surface area contributed by atoms with Crippen molar-refractivity contribution in [2.75, 3.05) is 27.2 Å². The summed E-state index contributed by atoms with van der Waals surface area (Å²) >= 11 is 1.61. The van der Waals surface area contributed by atoms with Gasteiger partial charge in [0.2, 0.25) is 0 Å². The number of rotatable bonds is 8. The summed E-state index contributed by atoms with van der Waals surface area (Å²) in [4.78, 5) is 11.4. The van der Waals surface area contributed by atoms with E-state index in [0.29, 0.717) is 13.1 Å². The Hall–Kier alpha value is -1.99. The van der Waals surface area contributed by atoms with Gasteiger partial charge >= 0.3 is 0 Å². The van der Waals surface area contributed by atoms with Gasteiger partial charge in [-0.15, -0.1) is 11.3 Å². The minimum Gasteiger partial charge on any atom is -0.375 e. The van der Waals surface area contributed by atoms with Crippen LogP contribution in [0.15, 0.2) is 34.6 Å². The van der Waals surface area contributed by atoms with Crippen molar-refractivity contribution >= 4 is 17.3 Å². The Balaban J connectivity index is 1.95. The fourth-order valence-electron chi connectivity index (χ4n) is 2.41. The number of nitrogens with zero attached hydrogens (tertiary/aromatic N) is 3. The zero-order valence-electron chi connectivity index (χ0n) is 15.8. The first-order chi connectivity index (χ1) is 12.5. The minimum absolute atomic E-state index is 0.0108. The Morgan fingerprint density at radius 1 is 1.38 bits per heavy atom. The van der Waals surface area contributed by atoms with Crippen molar-refractivity contribution in [2.24, 2.45) is 4.99 Å². The van der Waals surface area contributed by atoms with Gasteiger partial charge in [0, 0.05) is 32.6 Å². The lowest BCUT2D eigenvalue weighted by Crippen LogP contribution is -2.38. The summed E-state index contributed by atoms with van der Waals surface area (Å²) < 4.78 is 18.3. The van der Waals surface area contributed by atoms with E-state index in [2.05, 4.69) is 25.6 Å². The molecule has 0 saturated carbocycles. The predicted molar refractivity (Wildman–Crippen MR) is 105 cm³/mol. The third-order valence-corrected chi connectivity index (χ3v) is 5.00. The molecule has 0 aliphatic heterocycles. The number of nitrogens with one attached hydrogen (secondary N) is 1. The molecule has 1 heterocycles. The number of halogens is 1. The third-order valence-electron chi connectivity index (χ3n) is 3.94. The first-order valence-corrected chi connectivity index (χ1v) is 9.62. The Bertz CT molecular complexity index is 702. The van der Waals surface area contributed by atoms with Crippen LogP contribution in [0.25, 0.3) is 0 Å². The van der Waals surface area contributed by atoms with Crippen LogP contribution >= 0.6 is 11.3 Å². The molecular weight excluding hydrogens is 351 g/mol. The summed E-state index contributed by atoms with van der Waals surface area (Å²) in [5.41, 5.74) is 2.08. The zero-order chi connectivity index (χ0) is 18.9. The second-order valence-corrected chi connectivity index (χ2v) is 6.91. The SMILES string of the molecule is CCNC(=NCCc1ccc(F)cc1)N(C)Cc1csc(C(C)OC)n1. The van der Waals surface area contributed by atoms with Crippen molar-refractivity contribution in [1.82, 2.24) is 15.2 Å². The molecule has 2 rings (SSSR count). The lowest BCUT2D eigenvalue weighted by Gasteiger charge is -2.21. The van der Waals surface area contributed by atoms with Crippen LogP contribution in [0.2, 0.25) is 0 Å². The van der Waals surface area contributed by atoms with E-state index in [4.69, 9.17) is 4.74 Å². The van der Waals surface area contributed by atoms with Crippen LogP contribution in [-0.2, 0) is 17.7 Å². The molecule has 7 heteroatoms.